The van der Waals surface area contributed by atoms with Gasteiger partial charge in [-0.2, -0.15) is 0 Å². The molecule has 0 N–H and O–H groups in total. The van der Waals surface area contributed by atoms with E-state index in [1.807, 2.05) is 0 Å². The lowest BCUT2D eigenvalue weighted by atomic mass is 9.66. The SMILES string of the molecule is CC(C)(C)c1ccc2c(c1)C(c1ccccc1)(c1ccccc1)c1cc(C(C)(C)C)cc(N(c3ccc(-c4ccccc4)cc3)c3ccc(-n4c5ccccc5c5cc6c(cc54)C(C)(C)c4ccccc4-6)cc3)c1-2. The van der Waals surface area contributed by atoms with Crippen LogP contribution < -0.4 is 4.90 Å². The van der Waals surface area contributed by atoms with Crippen LogP contribution in [-0.4, -0.2) is 4.57 Å². The monoisotopic (exact) mass is 954 g/mol. The first-order valence-electron chi connectivity index (χ1n) is 26.4. The summed E-state index contributed by atoms with van der Waals surface area (Å²) in [6, 6.07) is 87.1. The molecule has 0 saturated carbocycles. The average molecular weight is 955 g/mol. The quantitative estimate of drug-likeness (QED) is 0.155. The minimum atomic E-state index is -0.593. The fourth-order valence-corrected chi connectivity index (χ4v) is 12.7. The van der Waals surface area contributed by atoms with Crippen LogP contribution in [0.25, 0.3) is 60.9 Å². The zero-order valence-corrected chi connectivity index (χ0v) is 43.8. The van der Waals surface area contributed by atoms with Gasteiger partial charge in [-0.05, 0) is 144 Å². The van der Waals surface area contributed by atoms with Crippen LogP contribution in [0.4, 0.5) is 17.1 Å². The van der Waals surface area contributed by atoms with Crippen LogP contribution in [-0.2, 0) is 21.7 Å². The lowest BCUT2D eigenvalue weighted by molar-refractivity contribution is 0.586. The van der Waals surface area contributed by atoms with Gasteiger partial charge in [0.2, 0.25) is 0 Å². The minimum Gasteiger partial charge on any atom is -0.310 e. The summed E-state index contributed by atoms with van der Waals surface area (Å²) in [5.74, 6) is 0. The van der Waals surface area contributed by atoms with Crippen molar-refractivity contribution in [2.75, 3.05) is 4.90 Å². The Morgan fingerprint density at radius 2 is 0.932 bits per heavy atom. The van der Waals surface area contributed by atoms with Crippen LogP contribution in [0.1, 0.15) is 99.9 Å². The van der Waals surface area contributed by atoms with Crippen LogP contribution in [0, 0.1) is 0 Å². The fraction of sp³-hybridized carbons (Fsp3) is 0.167. The Hall–Kier alpha value is -8.20. The molecule has 0 fully saturated rings. The van der Waals surface area contributed by atoms with E-state index in [2.05, 4.69) is 295 Å². The number of hydrogen-bond donors (Lipinski definition) is 0. The number of benzene rings is 10. The molecular formula is C72H62N2. The van der Waals surface area contributed by atoms with Crippen molar-refractivity contribution in [3.63, 3.8) is 0 Å². The smallest absolute Gasteiger partial charge is 0.0714 e. The summed E-state index contributed by atoms with van der Waals surface area (Å²) in [6.45, 7) is 18.8. The molecular weight excluding hydrogens is 893 g/mol. The van der Waals surface area contributed by atoms with Gasteiger partial charge in [0.15, 0.2) is 0 Å². The van der Waals surface area contributed by atoms with E-state index in [-0.39, 0.29) is 16.2 Å². The summed E-state index contributed by atoms with van der Waals surface area (Å²) in [5.41, 5.74) is 24.1. The van der Waals surface area contributed by atoms with E-state index in [0.29, 0.717) is 0 Å². The highest BCUT2D eigenvalue weighted by Crippen LogP contribution is 2.61. The molecule has 10 aromatic carbocycles. The predicted octanol–water partition coefficient (Wildman–Crippen LogP) is 19.2. The Morgan fingerprint density at radius 3 is 1.58 bits per heavy atom. The molecule has 2 aliphatic carbocycles. The maximum atomic E-state index is 2.55. The van der Waals surface area contributed by atoms with E-state index in [9.17, 15) is 0 Å². The summed E-state index contributed by atoms with van der Waals surface area (Å²) < 4.78 is 2.49. The lowest BCUT2D eigenvalue weighted by Gasteiger charge is -2.36. The number of rotatable bonds is 7. The van der Waals surface area contributed by atoms with Crippen LogP contribution in [0.3, 0.4) is 0 Å². The molecule has 0 spiro atoms. The van der Waals surface area contributed by atoms with Gasteiger partial charge in [0.1, 0.15) is 0 Å². The maximum Gasteiger partial charge on any atom is 0.0714 e. The molecule has 0 aliphatic heterocycles. The standard InChI is InChI=1S/C72H62N2/c1-69(2,3)51-34-41-58-63(42-51)72(49-24-14-10-15-25-49,50-26-16-11-17-27-50)64-43-52(70(4,5)6)44-67(68(58)64)73(53-35-32-48(33-36-53)47-22-12-9-13-23-47)54-37-39-55(40-38-54)74-65-31-21-19-29-57(65)60-45-59-56-28-18-20-30-61(56)71(7,8)62(59)46-66(60)74/h9-46H,1-8H3. The van der Waals surface area contributed by atoms with Gasteiger partial charge >= 0.3 is 0 Å². The predicted molar refractivity (Wildman–Crippen MR) is 313 cm³/mol. The average Bonchev–Trinajstić information content (AvgIpc) is 4.06. The molecule has 1 aromatic heterocycles. The zero-order chi connectivity index (χ0) is 50.7. The molecule has 360 valence electrons. The highest BCUT2D eigenvalue weighted by Gasteiger charge is 2.49. The first-order chi connectivity index (χ1) is 35.7. The van der Waals surface area contributed by atoms with Crippen molar-refractivity contribution in [1.82, 2.24) is 4.57 Å². The van der Waals surface area contributed by atoms with E-state index in [1.54, 1.807) is 0 Å². The van der Waals surface area contributed by atoms with Gasteiger partial charge in [0, 0.05) is 38.8 Å². The Bertz CT molecular complexity index is 3920. The number of anilines is 3. The van der Waals surface area contributed by atoms with Gasteiger partial charge in [0.05, 0.1) is 22.1 Å². The second kappa shape index (κ2) is 16.7. The maximum absolute atomic E-state index is 2.55. The molecule has 11 aromatic rings. The van der Waals surface area contributed by atoms with Crippen LogP contribution in [0.2, 0.25) is 0 Å². The third kappa shape index (κ3) is 6.91. The third-order valence-corrected chi connectivity index (χ3v) is 16.6. The summed E-state index contributed by atoms with van der Waals surface area (Å²) in [7, 11) is 0. The van der Waals surface area contributed by atoms with Gasteiger partial charge in [-0.1, -0.05) is 225 Å². The van der Waals surface area contributed by atoms with Crippen molar-refractivity contribution in [2.24, 2.45) is 0 Å². The molecule has 13 rings (SSSR count). The van der Waals surface area contributed by atoms with Crippen molar-refractivity contribution in [1.29, 1.82) is 0 Å². The third-order valence-electron chi connectivity index (χ3n) is 16.6. The van der Waals surface area contributed by atoms with Crippen molar-refractivity contribution < 1.29 is 0 Å². The second-order valence-electron chi connectivity index (χ2n) is 23.4. The lowest BCUT2D eigenvalue weighted by Crippen LogP contribution is -2.30. The summed E-state index contributed by atoms with van der Waals surface area (Å²) >= 11 is 0. The summed E-state index contributed by atoms with van der Waals surface area (Å²) in [5, 5.41) is 2.54. The van der Waals surface area contributed by atoms with Gasteiger partial charge in [-0.25, -0.2) is 0 Å². The number of fused-ring (bicyclic) bond motifs is 9. The topological polar surface area (TPSA) is 8.17 Å². The van der Waals surface area contributed by atoms with Gasteiger partial charge in [-0.3, -0.25) is 0 Å². The van der Waals surface area contributed by atoms with E-state index in [1.165, 1.54) is 105 Å². The minimum absolute atomic E-state index is 0.0613. The Kier molecular flexibility index (Phi) is 10.3. The normalized spacial score (nSPS) is 14.2. The van der Waals surface area contributed by atoms with E-state index in [4.69, 9.17) is 0 Å². The number of para-hydroxylation sites is 1. The largest absolute Gasteiger partial charge is 0.310 e. The summed E-state index contributed by atoms with van der Waals surface area (Å²) in [6.07, 6.45) is 0. The molecule has 2 heteroatoms. The molecule has 0 radical (unpaired) electrons. The molecule has 74 heavy (non-hydrogen) atoms. The van der Waals surface area contributed by atoms with Crippen molar-refractivity contribution >= 4 is 38.9 Å². The highest BCUT2D eigenvalue weighted by molar-refractivity contribution is 6.12. The molecule has 0 unspecified atom stereocenters. The first-order valence-corrected chi connectivity index (χ1v) is 26.4. The zero-order valence-electron chi connectivity index (χ0n) is 43.8. The van der Waals surface area contributed by atoms with Crippen molar-refractivity contribution in [3.8, 4) is 39.1 Å². The molecule has 0 saturated heterocycles. The Labute approximate surface area is 437 Å². The molecule has 0 bridgehead atoms. The van der Waals surface area contributed by atoms with E-state index in [0.717, 1.165) is 17.1 Å². The number of hydrogen-bond acceptors (Lipinski definition) is 1. The van der Waals surface area contributed by atoms with Crippen molar-refractivity contribution in [3.05, 3.63) is 275 Å². The van der Waals surface area contributed by atoms with Gasteiger partial charge in [-0.15, -0.1) is 0 Å². The molecule has 0 amide bonds. The number of nitrogens with zero attached hydrogens (tertiary/aromatic N) is 2. The number of aromatic nitrogens is 1. The fourth-order valence-electron chi connectivity index (χ4n) is 12.7. The molecule has 1 heterocycles. The van der Waals surface area contributed by atoms with E-state index >= 15 is 0 Å². The van der Waals surface area contributed by atoms with Gasteiger partial charge in [0.25, 0.3) is 0 Å². The second-order valence-corrected chi connectivity index (χ2v) is 23.4. The van der Waals surface area contributed by atoms with E-state index < -0.39 is 5.41 Å². The highest BCUT2D eigenvalue weighted by atomic mass is 15.1. The first kappa shape index (κ1) is 45.6. The van der Waals surface area contributed by atoms with Crippen LogP contribution in [0.15, 0.2) is 231 Å². The Balaban J connectivity index is 1.08. The molecule has 2 aliphatic rings. The summed E-state index contributed by atoms with van der Waals surface area (Å²) in [4.78, 5) is 2.54. The molecule has 0 atom stereocenters. The van der Waals surface area contributed by atoms with Crippen LogP contribution >= 0.6 is 0 Å². The Morgan fingerprint density at radius 1 is 0.378 bits per heavy atom. The van der Waals surface area contributed by atoms with Crippen molar-refractivity contribution in [2.45, 2.75) is 77.0 Å². The molecule has 2 nitrogen and oxygen atoms in total. The van der Waals surface area contributed by atoms with Crippen LogP contribution in [0.5, 0.6) is 0 Å². The van der Waals surface area contributed by atoms with Gasteiger partial charge < -0.3 is 9.47 Å².